The Labute approximate surface area is 152 Å². The van der Waals surface area contributed by atoms with Gasteiger partial charge in [0, 0.05) is 11.8 Å². The highest BCUT2D eigenvalue weighted by Gasteiger charge is 2.18. The van der Waals surface area contributed by atoms with Gasteiger partial charge in [-0.1, -0.05) is 11.8 Å². The number of H-pyrrole nitrogens is 2. The number of amides is 1. The van der Waals surface area contributed by atoms with Crippen molar-refractivity contribution in [2.24, 2.45) is 0 Å². The molecule has 3 N–H and O–H groups in total. The number of hydrogen-bond acceptors (Lipinski definition) is 7. The number of hydrogen-bond donors (Lipinski definition) is 3. The van der Waals surface area contributed by atoms with Gasteiger partial charge in [0.25, 0.3) is 5.56 Å². The van der Waals surface area contributed by atoms with Gasteiger partial charge in [0.2, 0.25) is 5.91 Å². The van der Waals surface area contributed by atoms with E-state index in [1.165, 1.54) is 13.4 Å². The van der Waals surface area contributed by atoms with Crippen LogP contribution in [0.4, 0.5) is 5.69 Å². The zero-order valence-corrected chi connectivity index (χ0v) is 15.1. The van der Waals surface area contributed by atoms with Crippen LogP contribution in [0.5, 0.6) is 11.5 Å². The number of benzene rings is 1. The fraction of sp³-hybridized carbons (Fsp3) is 0.250. The number of fused-ring (bicyclic) bond motifs is 1. The first-order valence-electron chi connectivity index (χ1n) is 7.64. The lowest BCUT2D eigenvalue weighted by molar-refractivity contribution is -0.115. The van der Waals surface area contributed by atoms with Gasteiger partial charge in [-0.3, -0.25) is 14.6 Å². The molecule has 0 spiro atoms. The number of anilines is 1. The molecule has 0 saturated heterocycles. The molecule has 0 unspecified atom stereocenters. The minimum atomic E-state index is -0.498. The number of carbonyl (C=O) groups is 1. The van der Waals surface area contributed by atoms with Crippen molar-refractivity contribution < 1.29 is 14.3 Å². The molecule has 1 atom stereocenters. The predicted octanol–water partition coefficient (Wildman–Crippen LogP) is 1.78. The van der Waals surface area contributed by atoms with Crippen LogP contribution < -0.4 is 20.3 Å². The summed E-state index contributed by atoms with van der Waals surface area (Å²) >= 11 is 1.13. The molecule has 1 amide bonds. The minimum Gasteiger partial charge on any atom is -0.493 e. The Morgan fingerprint density at radius 2 is 2.04 bits per heavy atom. The van der Waals surface area contributed by atoms with Gasteiger partial charge in [-0.05, 0) is 19.1 Å². The molecule has 136 valence electrons. The largest absolute Gasteiger partial charge is 0.493 e. The molecule has 0 saturated carbocycles. The summed E-state index contributed by atoms with van der Waals surface area (Å²) in [7, 11) is 3.06. The predicted molar refractivity (Wildman–Crippen MR) is 98.0 cm³/mol. The Kier molecular flexibility index (Phi) is 5.12. The molecule has 0 aliphatic rings. The number of nitrogens with one attached hydrogen (secondary N) is 3. The van der Waals surface area contributed by atoms with Crippen LogP contribution >= 0.6 is 11.8 Å². The number of aromatic amines is 2. The SMILES string of the molecule is COc1ccc(NC(=O)[C@H](C)Sc2nc3nc[nH]c3c(=O)[nH]2)cc1OC. The van der Waals surface area contributed by atoms with E-state index in [-0.39, 0.29) is 11.5 Å². The Bertz CT molecular complexity index is 1000. The van der Waals surface area contributed by atoms with Gasteiger partial charge < -0.3 is 19.8 Å². The molecule has 9 nitrogen and oxygen atoms in total. The summed E-state index contributed by atoms with van der Waals surface area (Å²) in [6, 6.07) is 5.09. The van der Waals surface area contributed by atoms with Gasteiger partial charge in [-0.15, -0.1) is 0 Å². The van der Waals surface area contributed by atoms with Crippen LogP contribution in [-0.2, 0) is 4.79 Å². The molecular formula is C16H17N5O4S. The third kappa shape index (κ3) is 3.64. The smallest absolute Gasteiger partial charge is 0.277 e. The Balaban J connectivity index is 1.72. The fourth-order valence-corrected chi connectivity index (χ4v) is 3.05. The number of imidazole rings is 1. The quantitative estimate of drug-likeness (QED) is 0.443. The van der Waals surface area contributed by atoms with Gasteiger partial charge in [0.15, 0.2) is 27.8 Å². The number of thioether (sulfide) groups is 1. The first-order valence-corrected chi connectivity index (χ1v) is 8.52. The van der Waals surface area contributed by atoms with Crippen LogP contribution in [0.15, 0.2) is 34.5 Å². The highest BCUT2D eigenvalue weighted by Crippen LogP contribution is 2.30. The normalized spacial score (nSPS) is 12.0. The van der Waals surface area contributed by atoms with Crippen LogP contribution in [0.3, 0.4) is 0 Å². The maximum atomic E-state index is 12.4. The number of ether oxygens (including phenoxy) is 2. The highest BCUT2D eigenvalue weighted by atomic mass is 32.2. The molecule has 0 aliphatic carbocycles. The molecule has 0 bridgehead atoms. The standard InChI is InChI=1S/C16H17N5O4S/c1-8(26-16-20-13-12(15(23)21-16)17-7-18-13)14(22)19-9-4-5-10(24-2)11(6-9)25-3/h4-8H,1-3H3,(H,19,22)(H2,17,18,20,21,23)/t8-/m0/s1. The second-order valence-corrected chi connectivity index (χ2v) is 6.62. The lowest BCUT2D eigenvalue weighted by atomic mass is 10.2. The molecule has 0 radical (unpaired) electrons. The van der Waals surface area contributed by atoms with Crippen molar-refractivity contribution in [3.05, 3.63) is 34.9 Å². The van der Waals surface area contributed by atoms with Crippen LogP contribution in [0.2, 0.25) is 0 Å². The topological polar surface area (TPSA) is 122 Å². The van der Waals surface area contributed by atoms with Gasteiger partial charge in [-0.2, -0.15) is 0 Å². The average molecular weight is 375 g/mol. The number of rotatable bonds is 6. The van der Waals surface area contributed by atoms with Crippen molar-refractivity contribution in [2.75, 3.05) is 19.5 Å². The molecule has 0 fully saturated rings. The number of methoxy groups -OCH3 is 2. The van der Waals surface area contributed by atoms with E-state index in [0.717, 1.165) is 11.8 Å². The molecular weight excluding hydrogens is 358 g/mol. The molecule has 26 heavy (non-hydrogen) atoms. The Morgan fingerprint density at radius 3 is 2.77 bits per heavy atom. The van der Waals surface area contributed by atoms with Gasteiger partial charge in [0.05, 0.1) is 25.8 Å². The third-order valence-electron chi connectivity index (χ3n) is 3.58. The molecule has 1 aromatic carbocycles. The zero-order chi connectivity index (χ0) is 18.7. The Hall–Kier alpha value is -3.01. The molecule has 0 aliphatic heterocycles. The summed E-state index contributed by atoms with van der Waals surface area (Å²) in [5, 5.41) is 2.62. The zero-order valence-electron chi connectivity index (χ0n) is 14.3. The lowest BCUT2D eigenvalue weighted by Crippen LogP contribution is -2.23. The third-order valence-corrected chi connectivity index (χ3v) is 4.57. The van der Waals surface area contributed by atoms with Gasteiger partial charge in [0.1, 0.15) is 0 Å². The van der Waals surface area contributed by atoms with Crippen molar-refractivity contribution in [2.45, 2.75) is 17.3 Å². The van der Waals surface area contributed by atoms with Crippen molar-refractivity contribution >= 4 is 34.5 Å². The van der Waals surface area contributed by atoms with E-state index in [9.17, 15) is 9.59 Å². The van der Waals surface area contributed by atoms with Crippen molar-refractivity contribution in [1.82, 2.24) is 19.9 Å². The number of carbonyl (C=O) groups excluding carboxylic acids is 1. The fourth-order valence-electron chi connectivity index (χ4n) is 2.26. The van der Waals surface area contributed by atoms with Crippen molar-refractivity contribution in [1.29, 1.82) is 0 Å². The highest BCUT2D eigenvalue weighted by molar-refractivity contribution is 8.00. The van der Waals surface area contributed by atoms with Crippen LogP contribution in [0, 0.1) is 0 Å². The molecule has 2 heterocycles. The van der Waals surface area contributed by atoms with Gasteiger partial charge in [-0.25, -0.2) is 9.97 Å². The van der Waals surface area contributed by atoms with Crippen molar-refractivity contribution in [3.63, 3.8) is 0 Å². The average Bonchev–Trinajstić information content (AvgIpc) is 3.10. The van der Waals surface area contributed by atoms with E-state index in [2.05, 4.69) is 25.3 Å². The summed E-state index contributed by atoms with van der Waals surface area (Å²) in [5.41, 5.74) is 0.854. The number of aromatic nitrogens is 4. The summed E-state index contributed by atoms with van der Waals surface area (Å²) in [5.74, 6) is 0.842. The van der Waals surface area contributed by atoms with E-state index >= 15 is 0 Å². The summed E-state index contributed by atoms with van der Waals surface area (Å²) < 4.78 is 10.4. The van der Waals surface area contributed by atoms with Crippen molar-refractivity contribution in [3.8, 4) is 11.5 Å². The van der Waals surface area contributed by atoms with E-state index in [1.807, 2.05) is 0 Å². The lowest BCUT2D eigenvalue weighted by Gasteiger charge is -2.13. The summed E-state index contributed by atoms with van der Waals surface area (Å²) in [4.78, 5) is 37.9. The molecule has 10 heteroatoms. The maximum absolute atomic E-state index is 12.4. The Morgan fingerprint density at radius 1 is 1.27 bits per heavy atom. The monoisotopic (exact) mass is 375 g/mol. The summed E-state index contributed by atoms with van der Waals surface area (Å²) in [6.07, 6.45) is 1.40. The minimum absolute atomic E-state index is 0.244. The van der Waals surface area contributed by atoms with E-state index in [4.69, 9.17) is 9.47 Å². The second-order valence-electron chi connectivity index (χ2n) is 5.29. The van der Waals surface area contributed by atoms with E-state index in [1.54, 1.807) is 32.2 Å². The summed E-state index contributed by atoms with van der Waals surface area (Å²) in [6.45, 7) is 1.72. The molecule has 3 aromatic rings. The molecule has 3 rings (SSSR count). The first kappa shape index (κ1) is 17.8. The van der Waals surface area contributed by atoms with Crippen LogP contribution in [0.25, 0.3) is 11.2 Å². The van der Waals surface area contributed by atoms with Gasteiger partial charge >= 0.3 is 0 Å². The first-order chi connectivity index (χ1) is 12.5. The molecule has 2 aromatic heterocycles. The van der Waals surface area contributed by atoms with Crippen LogP contribution in [-0.4, -0.2) is 45.3 Å². The van der Waals surface area contributed by atoms with Crippen LogP contribution in [0.1, 0.15) is 6.92 Å². The maximum Gasteiger partial charge on any atom is 0.277 e. The number of nitrogens with zero attached hydrogens (tertiary/aromatic N) is 2. The van der Waals surface area contributed by atoms with E-state index in [0.29, 0.717) is 33.5 Å². The van der Waals surface area contributed by atoms with E-state index < -0.39 is 5.25 Å². The second kappa shape index (κ2) is 7.48.